The van der Waals surface area contributed by atoms with Crippen LogP contribution in [0.25, 0.3) is 10.4 Å². The van der Waals surface area contributed by atoms with Crippen LogP contribution >= 0.6 is 11.3 Å². The minimum atomic E-state index is -4.81. The van der Waals surface area contributed by atoms with Gasteiger partial charge in [-0.05, 0) is 0 Å². The van der Waals surface area contributed by atoms with Crippen LogP contribution in [0.5, 0.6) is 11.8 Å². The van der Waals surface area contributed by atoms with E-state index in [1.165, 1.54) is 14.2 Å². The summed E-state index contributed by atoms with van der Waals surface area (Å²) < 4.78 is 50.4. The first-order chi connectivity index (χ1) is 14.3. The lowest BCUT2D eigenvalue weighted by Gasteiger charge is -2.09. The number of methoxy groups -OCH3 is 2. The van der Waals surface area contributed by atoms with Crippen LogP contribution in [0.2, 0.25) is 0 Å². The highest BCUT2D eigenvalue weighted by Crippen LogP contribution is 2.42. The number of hydrogen-bond donors (Lipinski definition) is 1. The summed E-state index contributed by atoms with van der Waals surface area (Å²) in [7, 11) is 2.51. The summed E-state index contributed by atoms with van der Waals surface area (Å²) in [6.45, 7) is 0. The zero-order chi connectivity index (χ0) is 21.9. The van der Waals surface area contributed by atoms with E-state index < -0.39 is 17.8 Å². The van der Waals surface area contributed by atoms with Gasteiger partial charge in [-0.1, -0.05) is 11.3 Å². The van der Waals surface area contributed by atoms with Gasteiger partial charge >= 0.3 is 6.18 Å². The van der Waals surface area contributed by atoms with Crippen molar-refractivity contribution in [2.45, 2.75) is 6.18 Å². The van der Waals surface area contributed by atoms with Crippen molar-refractivity contribution < 1.29 is 27.4 Å². The van der Waals surface area contributed by atoms with Crippen LogP contribution in [0.4, 0.5) is 18.3 Å². The Morgan fingerprint density at radius 1 is 1.13 bits per heavy atom. The first-order valence-corrected chi connectivity index (χ1v) is 8.65. The third-order valence-electron chi connectivity index (χ3n) is 3.52. The van der Waals surface area contributed by atoms with E-state index in [4.69, 9.17) is 14.7 Å². The minimum absolute atomic E-state index is 0.0162. The fourth-order valence-electron chi connectivity index (χ4n) is 2.28. The molecule has 10 nitrogen and oxygen atoms in total. The zero-order valence-corrected chi connectivity index (χ0v) is 16.0. The van der Waals surface area contributed by atoms with Gasteiger partial charge in [0.05, 0.1) is 19.1 Å². The normalized spacial score (nSPS) is 10.9. The summed E-state index contributed by atoms with van der Waals surface area (Å²) >= 11 is 0.554. The van der Waals surface area contributed by atoms with Gasteiger partial charge in [0.1, 0.15) is 12.4 Å². The number of alkyl halides is 3. The smallest absolute Gasteiger partial charge is 0.434 e. The third-order valence-corrected chi connectivity index (χ3v) is 4.54. The van der Waals surface area contributed by atoms with E-state index >= 15 is 0 Å². The van der Waals surface area contributed by atoms with Crippen LogP contribution < -0.4 is 14.8 Å². The molecule has 1 amide bonds. The molecule has 0 saturated heterocycles. The van der Waals surface area contributed by atoms with Crippen LogP contribution in [0.3, 0.4) is 0 Å². The van der Waals surface area contributed by atoms with Crippen LogP contribution in [-0.4, -0.2) is 45.0 Å². The van der Waals surface area contributed by atoms with E-state index in [0.717, 1.165) is 18.7 Å². The fraction of sp³-hybridized carbons (Fsp3) is 0.188. The lowest BCUT2D eigenvalue weighted by molar-refractivity contribution is -0.140. The van der Waals surface area contributed by atoms with E-state index in [0.29, 0.717) is 11.3 Å². The van der Waals surface area contributed by atoms with Gasteiger partial charge in [0.25, 0.3) is 5.91 Å². The van der Waals surface area contributed by atoms with Gasteiger partial charge in [0.15, 0.2) is 16.4 Å². The number of carbonyl (C=O) groups is 1. The average Bonchev–Trinajstić information content (AvgIpc) is 3.17. The zero-order valence-electron chi connectivity index (χ0n) is 15.2. The standard InChI is InChI=1S/C16H10F3N7O3S/c1-28-13-9(14(29-2)24-6-23-13)12(27)26-15-25-11(16(17,18)19)10(30-15)7-4-21-8(3-20)22-5-7/h4-6H,1-2H3,(H,25,26,27). The summed E-state index contributed by atoms with van der Waals surface area (Å²) in [5, 5.41) is 10.7. The van der Waals surface area contributed by atoms with Crippen LogP contribution in [0.1, 0.15) is 21.9 Å². The second kappa shape index (κ2) is 8.25. The van der Waals surface area contributed by atoms with Crippen molar-refractivity contribution in [1.82, 2.24) is 24.9 Å². The Kier molecular flexibility index (Phi) is 5.74. The Labute approximate surface area is 170 Å². The Balaban J connectivity index is 2.01. The van der Waals surface area contributed by atoms with Crippen molar-refractivity contribution in [2.75, 3.05) is 19.5 Å². The van der Waals surface area contributed by atoms with Crippen LogP contribution in [-0.2, 0) is 6.18 Å². The number of amides is 1. The van der Waals surface area contributed by atoms with Gasteiger partial charge < -0.3 is 9.47 Å². The Morgan fingerprint density at radius 2 is 1.73 bits per heavy atom. The van der Waals surface area contributed by atoms with Gasteiger partial charge in [0, 0.05) is 18.0 Å². The second-order valence-corrected chi connectivity index (χ2v) is 6.32. The molecule has 0 aliphatic rings. The number of thiazole rings is 1. The quantitative estimate of drug-likeness (QED) is 0.638. The molecule has 0 saturated carbocycles. The Bertz CT molecular complexity index is 1100. The maximum atomic E-state index is 13.5. The number of halogens is 3. The number of ether oxygens (including phenoxy) is 2. The molecule has 154 valence electrons. The Morgan fingerprint density at radius 3 is 2.23 bits per heavy atom. The Hall–Kier alpha value is -3.86. The molecule has 1 N–H and O–H groups in total. The number of nitrogens with one attached hydrogen (secondary N) is 1. The maximum absolute atomic E-state index is 13.5. The summed E-state index contributed by atoms with van der Waals surface area (Å²) in [5.74, 6) is -1.34. The molecule has 0 fully saturated rings. The minimum Gasteiger partial charge on any atom is -0.480 e. The second-order valence-electron chi connectivity index (χ2n) is 5.32. The van der Waals surface area contributed by atoms with Crippen molar-refractivity contribution in [1.29, 1.82) is 5.26 Å². The topological polar surface area (TPSA) is 136 Å². The molecule has 0 bridgehead atoms. The average molecular weight is 437 g/mol. The van der Waals surface area contributed by atoms with Gasteiger partial charge in [-0.2, -0.15) is 18.4 Å². The molecule has 3 heterocycles. The number of hydrogen-bond acceptors (Lipinski definition) is 10. The first kappa shape index (κ1) is 20.9. The number of anilines is 1. The molecule has 3 aromatic rings. The summed E-state index contributed by atoms with van der Waals surface area (Å²) in [6.07, 6.45) is -1.58. The number of carbonyl (C=O) groups excluding carboxylic acids is 1. The molecule has 0 radical (unpaired) electrons. The van der Waals surface area contributed by atoms with Crippen molar-refractivity contribution >= 4 is 22.4 Å². The lowest BCUT2D eigenvalue weighted by Crippen LogP contribution is -2.16. The van der Waals surface area contributed by atoms with E-state index in [1.807, 2.05) is 0 Å². The largest absolute Gasteiger partial charge is 0.480 e. The highest BCUT2D eigenvalue weighted by atomic mass is 32.1. The molecule has 0 aliphatic heterocycles. The van der Waals surface area contributed by atoms with Crippen LogP contribution in [0.15, 0.2) is 18.7 Å². The number of aromatic nitrogens is 5. The lowest BCUT2D eigenvalue weighted by atomic mass is 10.2. The first-order valence-electron chi connectivity index (χ1n) is 7.83. The van der Waals surface area contributed by atoms with E-state index in [-0.39, 0.29) is 38.7 Å². The molecule has 0 atom stereocenters. The van der Waals surface area contributed by atoms with Gasteiger partial charge in [-0.15, -0.1) is 0 Å². The monoisotopic (exact) mass is 437 g/mol. The number of nitrogens with zero attached hydrogens (tertiary/aromatic N) is 6. The molecule has 3 rings (SSSR count). The van der Waals surface area contributed by atoms with Crippen molar-refractivity contribution in [3.05, 3.63) is 35.8 Å². The SMILES string of the molecule is COc1ncnc(OC)c1C(=O)Nc1nc(C(F)(F)F)c(-c2cnc(C#N)nc2)s1. The molecule has 3 aromatic heterocycles. The van der Waals surface area contributed by atoms with E-state index in [2.05, 4.69) is 30.2 Å². The molecule has 0 unspecified atom stereocenters. The van der Waals surface area contributed by atoms with E-state index in [1.54, 1.807) is 6.07 Å². The van der Waals surface area contributed by atoms with Crippen molar-refractivity contribution in [3.8, 4) is 28.3 Å². The van der Waals surface area contributed by atoms with E-state index in [9.17, 15) is 18.0 Å². The molecule has 0 aliphatic carbocycles. The highest BCUT2D eigenvalue weighted by Gasteiger charge is 2.38. The summed E-state index contributed by atoms with van der Waals surface area (Å²) in [5.41, 5.74) is -1.47. The fourth-order valence-corrected chi connectivity index (χ4v) is 3.24. The van der Waals surface area contributed by atoms with Crippen molar-refractivity contribution in [2.24, 2.45) is 0 Å². The summed E-state index contributed by atoms with van der Waals surface area (Å²) in [4.78, 5) is 30.7. The number of nitriles is 1. The molecular formula is C16H10F3N7O3S. The predicted octanol–water partition coefficient (Wildman–Crippen LogP) is 2.55. The summed E-state index contributed by atoms with van der Waals surface area (Å²) in [6, 6.07) is 1.67. The van der Waals surface area contributed by atoms with Crippen LogP contribution in [0, 0.1) is 11.3 Å². The molecule has 30 heavy (non-hydrogen) atoms. The molecule has 14 heteroatoms. The molecule has 0 aromatic carbocycles. The number of rotatable bonds is 5. The third kappa shape index (κ3) is 4.10. The van der Waals surface area contributed by atoms with Gasteiger partial charge in [-0.25, -0.2) is 24.9 Å². The van der Waals surface area contributed by atoms with Crippen molar-refractivity contribution in [3.63, 3.8) is 0 Å². The van der Waals surface area contributed by atoms with Gasteiger partial charge in [-0.3, -0.25) is 10.1 Å². The molecular weight excluding hydrogens is 427 g/mol. The highest BCUT2D eigenvalue weighted by molar-refractivity contribution is 7.19. The maximum Gasteiger partial charge on any atom is 0.434 e. The van der Waals surface area contributed by atoms with Gasteiger partial charge in [0.2, 0.25) is 17.6 Å². The molecule has 0 spiro atoms. The predicted molar refractivity (Wildman–Crippen MR) is 95.9 cm³/mol.